The van der Waals surface area contributed by atoms with Crippen LogP contribution in [0.3, 0.4) is 0 Å². The Balaban J connectivity index is 0.948. The van der Waals surface area contributed by atoms with E-state index in [9.17, 15) is 9.59 Å². The number of ether oxygens (including phenoxy) is 1. The van der Waals surface area contributed by atoms with Crippen molar-refractivity contribution in [1.29, 1.82) is 0 Å². The highest BCUT2D eigenvalue weighted by Crippen LogP contribution is 2.56. The third-order valence-electron chi connectivity index (χ3n) is 14.9. The lowest BCUT2D eigenvalue weighted by atomic mass is 9.96. The average Bonchev–Trinajstić information content (AvgIpc) is 4.26. The van der Waals surface area contributed by atoms with Crippen LogP contribution in [-0.4, -0.2) is 79.0 Å². The van der Waals surface area contributed by atoms with Crippen molar-refractivity contribution in [2.75, 3.05) is 19.8 Å². The van der Waals surface area contributed by atoms with E-state index in [1.807, 2.05) is 41.3 Å². The fourth-order valence-corrected chi connectivity index (χ4v) is 10.9. The quantitative estimate of drug-likeness (QED) is 0.159. The number of fused-ring (bicyclic) bond motifs is 3. The maximum absolute atomic E-state index is 16.4. The van der Waals surface area contributed by atoms with Gasteiger partial charge in [0.1, 0.15) is 22.9 Å². The fraction of sp³-hybridized carbons (Fsp3) is 0.396. The maximum atomic E-state index is 16.4. The van der Waals surface area contributed by atoms with Crippen LogP contribution < -0.4 is 11.4 Å². The number of aromatic nitrogens is 10. The van der Waals surface area contributed by atoms with Crippen molar-refractivity contribution in [3.8, 4) is 17.2 Å². The predicted octanol–water partition coefficient (Wildman–Crippen LogP) is 7.12. The number of imidazole rings is 1. The standard InChI is InChI=1S/C48H45F2N11O5/c1-25-23-48(25,45-53-46(63)66-55-45)59-38-10-9-34(28-14-19-65-20-15-28)52-36(38)22-40(59)44(62)56-16-13-35-41(26(56)2)43(61(54-35)30-7-8-33(49)31(21-30)27-3-4-27)58-18-17-57(47(58)64)39-12-11-37-32(42(39)50)24-51-60(37)29-5-6-29/h7-12,17-18,21-22,24-29H,3-6,13-16,19-20,23H2,1-2H3,(H,53,55,63). The van der Waals surface area contributed by atoms with Gasteiger partial charge in [-0.3, -0.25) is 33.1 Å². The molecule has 3 unspecified atom stereocenters. The highest BCUT2D eigenvalue weighted by molar-refractivity contribution is 5.99. The van der Waals surface area contributed by atoms with Gasteiger partial charge >= 0.3 is 11.4 Å². The number of aromatic amines is 1. The molecule has 8 aromatic rings. The third-order valence-corrected chi connectivity index (χ3v) is 14.9. The van der Waals surface area contributed by atoms with Crippen molar-refractivity contribution < 1.29 is 22.8 Å². The Morgan fingerprint density at radius 2 is 1.70 bits per heavy atom. The van der Waals surface area contributed by atoms with Gasteiger partial charge in [-0.25, -0.2) is 23.1 Å². The summed E-state index contributed by atoms with van der Waals surface area (Å²) in [7, 11) is 0. The first-order chi connectivity index (χ1) is 32.1. The molecule has 3 atom stereocenters. The zero-order valence-electron chi connectivity index (χ0n) is 36.3. The van der Waals surface area contributed by atoms with Crippen LogP contribution in [0.25, 0.3) is 39.1 Å². The number of nitrogens with one attached hydrogen (secondary N) is 1. The molecule has 3 saturated carbocycles. The van der Waals surface area contributed by atoms with Crippen molar-refractivity contribution in [3.63, 3.8) is 0 Å². The van der Waals surface area contributed by atoms with Crippen LogP contribution in [0.15, 0.2) is 81.2 Å². The van der Waals surface area contributed by atoms with E-state index in [0.29, 0.717) is 88.9 Å². The fourth-order valence-electron chi connectivity index (χ4n) is 10.9. The first kappa shape index (κ1) is 39.4. The van der Waals surface area contributed by atoms with E-state index < -0.39 is 28.8 Å². The molecular formula is C48H45F2N11O5. The van der Waals surface area contributed by atoms with Crippen LogP contribution in [0.4, 0.5) is 8.78 Å². The number of amides is 1. The number of pyridine rings is 1. The molecule has 13 rings (SSSR count). The van der Waals surface area contributed by atoms with Crippen LogP contribution in [0.5, 0.6) is 0 Å². The van der Waals surface area contributed by atoms with Gasteiger partial charge in [0.2, 0.25) is 0 Å². The summed E-state index contributed by atoms with van der Waals surface area (Å²) in [5.74, 6) is -0.836. The third kappa shape index (κ3) is 5.85. The van der Waals surface area contributed by atoms with Crippen LogP contribution in [0.2, 0.25) is 0 Å². The summed E-state index contributed by atoms with van der Waals surface area (Å²) >= 11 is 0. The zero-order chi connectivity index (χ0) is 44.7. The zero-order valence-corrected chi connectivity index (χ0v) is 36.3. The number of H-pyrrole nitrogens is 1. The van der Waals surface area contributed by atoms with Gasteiger partial charge in [0.05, 0.1) is 57.3 Å². The van der Waals surface area contributed by atoms with Gasteiger partial charge in [-0.1, -0.05) is 12.1 Å². The summed E-state index contributed by atoms with van der Waals surface area (Å²) in [4.78, 5) is 52.4. The van der Waals surface area contributed by atoms with Crippen LogP contribution in [-0.2, 0) is 16.7 Å². The lowest BCUT2D eigenvalue weighted by Crippen LogP contribution is -2.41. The minimum atomic E-state index is -0.881. The van der Waals surface area contributed by atoms with Gasteiger partial charge in [0, 0.05) is 55.7 Å². The molecule has 3 aliphatic carbocycles. The van der Waals surface area contributed by atoms with Gasteiger partial charge in [-0.15, -0.1) is 0 Å². The molecule has 1 N–H and O–H groups in total. The molecule has 2 aliphatic heterocycles. The number of carbonyl (C=O) groups excluding carboxylic acids is 1. The summed E-state index contributed by atoms with van der Waals surface area (Å²) in [5, 5.41) is 14.0. The summed E-state index contributed by atoms with van der Waals surface area (Å²) in [6, 6.07) is 13.7. The number of carbonyl (C=O) groups is 1. The number of nitrogens with zero attached hydrogens (tertiary/aromatic N) is 10. The number of halogens is 2. The topological polar surface area (TPSA) is 169 Å². The Morgan fingerprint density at radius 3 is 2.44 bits per heavy atom. The Morgan fingerprint density at radius 1 is 0.909 bits per heavy atom. The van der Waals surface area contributed by atoms with Crippen molar-refractivity contribution in [3.05, 3.63) is 134 Å². The van der Waals surface area contributed by atoms with E-state index in [0.717, 1.165) is 49.7 Å². The SMILES string of the molecule is CC1c2c(nn(-c3ccc(F)c(C4CC4)c3)c2-n2ccn(-c3ccc4c(cnn4C4CC4)c3F)c2=O)CCN1C(=O)c1cc2nc(C3CCOCC3)ccc2n1C1(c2noc(=O)[nH]2)CC1C. The molecular weight excluding hydrogens is 849 g/mol. The molecule has 18 heteroatoms. The molecule has 4 fully saturated rings. The Bertz CT molecular complexity index is 3430. The number of benzene rings is 2. The maximum Gasteiger partial charge on any atom is 0.438 e. The van der Waals surface area contributed by atoms with Crippen molar-refractivity contribution in [2.24, 2.45) is 5.92 Å². The first-order valence-electron chi connectivity index (χ1n) is 22.9. The lowest BCUT2D eigenvalue weighted by Gasteiger charge is -2.34. The second kappa shape index (κ2) is 14.3. The lowest BCUT2D eigenvalue weighted by molar-refractivity contribution is 0.0663. The minimum Gasteiger partial charge on any atom is -0.381 e. The monoisotopic (exact) mass is 893 g/mol. The van der Waals surface area contributed by atoms with Crippen LogP contribution in [0.1, 0.15) is 122 Å². The Kier molecular flexibility index (Phi) is 8.52. The molecule has 16 nitrogen and oxygen atoms in total. The molecule has 66 heavy (non-hydrogen) atoms. The number of hydrogen-bond donors (Lipinski definition) is 1. The van der Waals surface area contributed by atoms with E-state index in [1.54, 1.807) is 40.0 Å². The average molecular weight is 894 g/mol. The summed E-state index contributed by atoms with van der Waals surface area (Å²) in [5.41, 5.74) is 4.43. The first-order valence-corrected chi connectivity index (χ1v) is 22.9. The van der Waals surface area contributed by atoms with Crippen molar-refractivity contribution in [1.82, 2.24) is 53.3 Å². The van der Waals surface area contributed by atoms with Gasteiger partial charge in [0.15, 0.2) is 11.6 Å². The van der Waals surface area contributed by atoms with E-state index in [2.05, 4.69) is 15.2 Å². The molecule has 0 radical (unpaired) electrons. The van der Waals surface area contributed by atoms with Crippen molar-refractivity contribution in [2.45, 2.75) is 94.7 Å². The molecule has 5 aliphatic rings. The molecule has 2 aromatic carbocycles. The molecule has 1 saturated heterocycles. The molecule has 0 bridgehead atoms. The van der Waals surface area contributed by atoms with Crippen LogP contribution in [0, 0.1) is 17.6 Å². The summed E-state index contributed by atoms with van der Waals surface area (Å²) < 4.78 is 50.6. The smallest absolute Gasteiger partial charge is 0.381 e. The second-order valence-electron chi connectivity index (χ2n) is 18.8. The van der Waals surface area contributed by atoms with Crippen molar-refractivity contribution >= 4 is 27.8 Å². The predicted molar refractivity (Wildman–Crippen MR) is 236 cm³/mol. The molecule has 1 amide bonds. The van der Waals surface area contributed by atoms with Gasteiger partial charge in [-0.2, -0.15) is 10.2 Å². The summed E-state index contributed by atoms with van der Waals surface area (Å²) in [6.07, 6.45) is 11.0. The van der Waals surface area contributed by atoms with E-state index in [4.69, 9.17) is 19.3 Å². The highest BCUT2D eigenvalue weighted by Gasteiger charge is 2.59. The normalized spacial score (nSPS) is 22.2. The number of rotatable bonds is 9. The number of hydrogen-bond acceptors (Lipinski definition) is 9. The second-order valence-corrected chi connectivity index (χ2v) is 18.8. The van der Waals surface area contributed by atoms with Gasteiger partial charge in [0.25, 0.3) is 5.91 Å². The molecule has 6 aromatic heterocycles. The Labute approximate surface area is 374 Å². The van der Waals surface area contributed by atoms with E-state index >= 15 is 13.6 Å². The Hall–Kier alpha value is -6.95. The largest absolute Gasteiger partial charge is 0.438 e. The van der Waals surface area contributed by atoms with Gasteiger partial charge < -0.3 is 14.2 Å². The summed E-state index contributed by atoms with van der Waals surface area (Å²) in [6.45, 7) is 5.56. The molecule has 336 valence electrons. The van der Waals surface area contributed by atoms with E-state index in [1.165, 1.54) is 27.6 Å². The minimum absolute atomic E-state index is 0.0159. The van der Waals surface area contributed by atoms with Gasteiger partial charge in [-0.05, 0) is 118 Å². The molecule has 8 heterocycles. The van der Waals surface area contributed by atoms with Crippen LogP contribution >= 0.6 is 0 Å². The van der Waals surface area contributed by atoms with E-state index in [-0.39, 0.29) is 41.2 Å². The highest BCUT2D eigenvalue weighted by atomic mass is 19.1. The molecule has 0 spiro atoms.